The Bertz CT molecular complexity index is 644. The summed E-state index contributed by atoms with van der Waals surface area (Å²) < 4.78 is 5.33. The van der Waals surface area contributed by atoms with E-state index in [0.717, 1.165) is 22.7 Å². The van der Waals surface area contributed by atoms with Gasteiger partial charge in [0, 0.05) is 17.8 Å². The lowest BCUT2D eigenvalue weighted by Gasteiger charge is -2.10. The van der Waals surface area contributed by atoms with Gasteiger partial charge in [-0.3, -0.25) is 4.79 Å². The van der Waals surface area contributed by atoms with Gasteiger partial charge in [-0.25, -0.2) is 9.97 Å². The molecule has 6 heteroatoms. The van der Waals surface area contributed by atoms with E-state index in [-0.39, 0.29) is 13.0 Å². The molecule has 0 radical (unpaired) electrons. The van der Waals surface area contributed by atoms with Crippen LogP contribution in [0.25, 0.3) is 11.3 Å². The average molecular weight is 287 g/mol. The maximum Gasteiger partial charge on any atom is 0.305 e. The monoisotopic (exact) mass is 287 g/mol. The highest BCUT2D eigenvalue weighted by atomic mass is 16.5. The summed E-state index contributed by atoms with van der Waals surface area (Å²) in [7, 11) is 1.61. The minimum absolute atomic E-state index is 0.0152. The summed E-state index contributed by atoms with van der Waals surface area (Å²) in [5, 5.41) is 11.6. The van der Waals surface area contributed by atoms with Crippen molar-refractivity contribution >= 4 is 11.9 Å². The van der Waals surface area contributed by atoms with E-state index in [9.17, 15) is 4.79 Å². The molecular weight excluding hydrogens is 270 g/mol. The Hall–Kier alpha value is -2.63. The van der Waals surface area contributed by atoms with Gasteiger partial charge in [0.1, 0.15) is 5.75 Å². The van der Waals surface area contributed by atoms with Gasteiger partial charge in [-0.15, -0.1) is 0 Å². The average Bonchev–Trinajstić information content (AvgIpc) is 2.46. The van der Waals surface area contributed by atoms with Crippen molar-refractivity contribution in [2.24, 2.45) is 0 Å². The molecule has 2 aromatic rings. The minimum Gasteiger partial charge on any atom is -0.496 e. The van der Waals surface area contributed by atoms with Gasteiger partial charge in [-0.2, -0.15) is 0 Å². The molecule has 0 atom stereocenters. The number of para-hydroxylation sites is 1. The molecule has 110 valence electrons. The third-order valence-corrected chi connectivity index (χ3v) is 2.86. The third-order valence-electron chi connectivity index (χ3n) is 2.86. The summed E-state index contributed by atoms with van der Waals surface area (Å²) in [5.74, 6) is 0.282. The number of rotatable bonds is 6. The summed E-state index contributed by atoms with van der Waals surface area (Å²) in [5.41, 5.74) is 2.40. The summed E-state index contributed by atoms with van der Waals surface area (Å²) in [6, 6.07) is 9.45. The molecule has 1 heterocycles. The highest BCUT2D eigenvalue weighted by Crippen LogP contribution is 2.28. The molecule has 0 saturated heterocycles. The predicted molar refractivity (Wildman–Crippen MR) is 79.5 cm³/mol. The van der Waals surface area contributed by atoms with Crippen molar-refractivity contribution in [1.82, 2.24) is 9.97 Å². The van der Waals surface area contributed by atoms with Crippen molar-refractivity contribution in [1.29, 1.82) is 0 Å². The molecule has 0 saturated carbocycles. The molecule has 0 aliphatic heterocycles. The Labute approximate surface area is 122 Å². The number of carboxylic acids is 1. The number of anilines is 1. The number of carboxylic acid groups (broad SMARTS) is 1. The number of nitrogens with zero attached hydrogens (tertiary/aromatic N) is 2. The van der Waals surface area contributed by atoms with Gasteiger partial charge in [-0.1, -0.05) is 12.1 Å². The van der Waals surface area contributed by atoms with Crippen LogP contribution in [-0.4, -0.2) is 34.7 Å². The highest BCUT2D eigenvalue weighted by Gasteiger charge is 2.09. The van der Waals surface area contributed by atoms with Gasteiger partial charge < -0.3 is 15.2 Å². The quantitative estimate of drug-likeness (QED) is 0.848. The molecule has 0 fully saturated rings. The smallest absolute Gasteiger partial charge is 0.305 e. The number of nitrogens with one attached hydrogen (secondary N) is 1. The SMILES string of the molecule is COc1ccccc1-c1cc(C)nc(NCCC(=O)O)n1. The topological polar surface area (TPSA) is 84.3 Å². The normalized spacial score (nSPS) is 10.2. The van der Waals surface area contributed by atoms with Crippen LogP contribution >= 0.6 is 0 Å². The second-order valence-electron chi connectivity index (χ2n) is 4.49. The van der Waals surface area contributed by atoms with Crippen LogP contribution in [-0.2, 0) is 4.79 Å². The zero-order valence-electron chi connectivity index (χ0n) is 12.0. The molecule has 0 aliphatic carbocycles. The van der Waals surface area contributed by atoms with Gasteiger partial charge in [0.2, 0.25) is 5.95 Å². The summed E-state index contributed by atoms with van der Waals surface area (Å²) in [6.45, 7) is 2.15. The largest absolute Gasteiger partial charge is 0.496 e. The molecule has 1 aromatic heterocycles. The summed E-state index contributed by atoms with van der Waals surface area (Å²) >= 11 is 0. The van der Waals surface area contributed by atoms with Crippen LogP contribution < -0.4 is 10.1 Å². The van der Waals surface area contributed by atoms with Crippen LogP contribution in [0.2, 0.25) is 0 Å². The number of benzene rings is 1. The predicted octanol–water partition coefficient (Wildman–Crippen LogP) is 2.35. The second kappa shape index (κ2) is 6.69. The fourth-order valence-corrected chi connectivity index (χ4v) is 1.92. The number of aryl methyl sites for hydroxylation is 1. The van der Waals surface area contributed by atoms with E-state index in [4.69, 9.17) is 9.84 Å². The van der Waals surface area contributed by atoms with Crippen molar-refractivity contribution in [3.63, 3.8) is 0 Å². The molecule has 2 N–H and O–H groups in total. The number of ether oxygens (including phenoxy) is 1. The first kappa shape index (κ1) is 14.8. The van der Waals surface area contributed by atoms with E-state index in [0.29, 0.717) is 5.95 Å². The third kappa shape index (κ3) is 3.92. The van der Waals surface area contributed by atoms with E-state index in [1.165, 1.54) is 0 Å². The van der Waals surface area contributed by atoms with Crippen molar-refractivity contribution in [2.45, 2.75) is 13.3 Å². The lowest BCUT2D eigenvalue weighted by atomic mass is 10.1. The molecule has 0 amide bonds. The molecule has 0 bridgehead atoms. The first-order valence-electron chi connectivity index (χ1n) is 6.55. The lowest BCUT2D eigenvalue weighted by molar-refractivity contribution is -0.136. The molecule has 0 spiro atoms. The Morgan fingerprint density at radius 3 is 2.81 bits per heavy atom. The molecule has 2 rings (SSSR count). The fourth-order valence-electron chi connectivity index (χ4n) is 1.92. The Morgan fingerprint density at radius 1 is 1.33 bits per heavy atom. The van der Waals surface area contributed by atoms with Crippen LogP contribution in [0.3, 0.4) is 0 Å². The van der Waals surface area contributed by atoms with Gasteiger partial charge in [0.25, 0.3) is 0 Å². The number of aromatic nitrogens is 2. The van der Waals surface area contributed by atoms with Crippen LogP contribution in [0, 0.1) is 6.92 Å². The van der Waals surface area contributed by atoms with Crippen LogP contribution in [0.4, 0.5) is 5.95 Å². The maximum absolute atomic E-state index is 10.5. The van der Waals surface area contributed by atoms with Crippen LogP contribution in [0.1, 0.15) is 12.1 Å². The Kier molecular flexibility index (Phi) is 4.71. The standard InChI is InChI=1S/C15H17N3O3/c1-10-9-12(11-5-3-4-6-13(11)21-2)18-15(17-10)16-8-7-14(19)20/h3-6,9H,7-8H2,1-2H3,(H,19,20)(H,16,17,18). The van der Waals surface area contributed by atoms with Crippen LogP contribution in [0.15, 0.2) is 30.3 Å². The van der Waals surface area contributed by atoms with Crippen molar-refractivity contribution in [3.05, 3.63) is 36.0 Å². The van der Waals surface area contributed by atoms with Crippen molar-refractivity contribution in [3.8, 4) is 17.0 Å². The first-order chi connectivity index (χ1) is 10.1. The van der Waals surface area contributed by atoms with Crippen molar-refractivity contribution in [2.75, 3.05) is 19.0 Å². The first-order valence-corrected chi connectivity index (χ1v) is 6.55. The molecular formula is C15H17N3O3. The molecule has 1 aromatic carbocycles. The van der Waals surface area contributed by atoms with Crippen LogP contribution in [0.5, 0.6) is 5.75 Å². The maximum atomic E-state index is 10.5. The summed E-state index contributed by atoms with van der Waals surface area (Å²) in [4.78, 5) is 19.2. The molecule has 6 nitrogen and oxygen atoms in total. The number of hydrogen-bond donors (Lipinski definition) is 2. The highest BCUT2D eigenvalue weighted by molar-refractivity contribution is 5.69. The van der Waals surface area contributed by atoms with E-state index < -0.39 is 5.97 Å². The summed E-state index contributed by atoms with van der Waals surface area (Å²) in [6.07, 6.45) is 0.0152. The Morgan fingerprint density at radius 2 is 2.10 bits per heavy atom. The minimum atomic E-state index is -0.861. The Balaban J connectivity index is 2.28. The van der Waals surface area contributed by atoms with Gasteiger partial charge in [0.05, 0.1) is 19.2 Å². The fraction of sp³-hybridized carbons (Fsp3) is 0.267. The number of carbonyl (C=O) groups is 1. The van der Waals surface area contributed by atoms with E-state index >= 15 is 0 Å². The second-order valence-corrected chi connectivity index (χ2v) is 4.49. The zero-order chi connectivity index (χ0) is 15.2. The number of hydrogen-bond acceptors (Lipinski definition) is 5. The lowest BCUT2D eigenvalue weighted by Crippen LogP contribution is -2.10. The van der Waals surface area contributed by atoms with E-state index in [1.54, 1.807) is 7.11 Å². The van der Waals surface area contributed by atoms with E-state index in [2.05, 4.69) is 15.3 Å². The molecule has 0 unspecified atom stereocenters. The molecule has 21 heavy (non-hydrogen) atoms. The zero-order valence-corrected chi connectivity index (χ0v) is 12.0. The van der Waals surface area contributed by atoms with Crippen molar-refractivity contribution < 1.29 is 14.6 Å². The van der Waals surface area contributed by atoms with Gasteiger partial charge >= 0.3 is 5.97 Å². The number of aliphatic carboxylic acids is 1. The van der Waals surface area contributed by atoms with E-state index in [1.807, 2.05) is 37.3 Å². The van der Waals surface area contributed by atoms with Gasteiger partial charge in [0.15, 0.2) is 0 Å². The van der Waals surface area contributed by atoms with Gasteiger partial charge in [-0.05, 0) is 25.1 Å². The number of methoxy groups -OCH3 is 1. The molecule has 0 aliphatic rings.